The highest BCUT2D eigenvalue weighted by molar-refractivity contribution is 7.89. The van der Waals surface area contributed by atoms with Gasteiger partial charge in [-0.15, -0.1) is 0 Å². The largest absolute Gasteiger partial charge is 0.322 e. The van der Waals surface area contributed by atoms with Crippen LogP contribution < -0.4 is 5.32 Å². The predicted molar refractivity (Wildman–Crippen MR) is 102 cm³/mol. The zero-order valence-corrected chi connectivity index (χ0v) is 16.2. The van der Waals surface area contributed by atoms with Crippen LogP contribution in [0.4, 0.5) is 10.1 Å². The Bertz CT molecular complexity index is 901. The lowest BCUT2D eigenvalue weighted by Gasteiger charge is -2.34. The Morgan fingerprint density at radius 3 is 2.11 bits per heavy atom. The van der Waals surface area contributed by atoms with Gasteiger partial charge in [0.1, 0.15) is 5.82 Å². The van der Waals surface area contributed by atoms with Crippen molar-refractivity contribution in [3.05, 3.63) is 59.9 Å². The van der Waals surface area contributed by atoms with Crippen LogP contribution in [0, 0.1) is 17.7 Å². The van der Waals surface area contributed by atoms with Crippen molar-refractivity contribution in [1.82, 2.24) is 4.31 Å². The number of nitrogens with zero attached hydrogens (tertiary/aromatic N) is 1. The van der Waals surface area contributed by atoms with E-state index in [-0.39, 0.29) is 10.8 Å². The van der Waals surface area contributed by atoms with E-state index in [9.17, 15) is 17.6 Å². The van der Waals surface area contributed by atoms with E-state index in [2.05, 4.69) is 19.2 Å². The lowest BCUT2D eigenvalue weighted by Crippen LogP contribution is -2.42. The van der Waals surface area contributed by atoms with Gasteiger partial charge in [-0.3, -0.25) is 4.79 Å². The third-order valence-electron chi connectivity index (χ3n) is 4.69. The van der Waals surface area contributed by atoms with Crippen LogP contribution in [0.25, 0.3) is 0 Å². The van der Waals surface area contributed by atoms with Crippen molar-refractivity contribution in [2.45, 2.75) is 25.2 Å². The summed E-state index contributed by atoms with van der Waals surface area (Å²) in [7, 11) is -3.55. The Hall–Kier alpha value is -2.25. The van der Waals surface area contributed by atoms with Crippen LogP contribution in [0.5, 0.6) is 0 Å². The fourth-order valence-corrected chi connectivity index (χ4v) is 5.15. The summed E-state index contributed by atoms with van der Waals surface area (Å²) in [6.45, 7) is 5.17. The number of halogens is 1. The normalized spacial score (nSPS) is 21.0. The highest BCUT2D eigenvalue weighted by atomic mass is 32.2. The zero-order chi connectivity index (χ0) is 19.6. The van der Waals surface area contributed by atoms with Crippen LogP contribution in [-0.2, 0) is 10.0 Å². The number of sulfonamides is 1. The lowest BCUT2D eigenvalue weighted by molar-refractivity contribution is 0.102. The van der Waals surface area contributed by atoms with E-state index in [4.69, 9.17) is 0 Å². The quantitative estimate of drug-likeness (QED) is 0.865. The molecule has 3 rings (SSSR count). The molecule has 1 N–H and O–H groups in total. The van der Waals surface area contributed by atoms with Gasteiger partial charge in [0.2, 0.25) is 10.0 Å². The molecule has 0 unspecified atom stereocenters. The minimum Gasteiger partial charge on any atom is -0.322 e. The third kappa shape index (κ3) is 4.54. The average molecular weight is 390 g/mol. The van der Waals surface area contributed by atoms with E-state index in [0.29, 0.717) is 36.2 Å². The Labute approximate surface area is 159 Å². The second kappa shape index (κ2) is 7.78. The van der Waals surface area contributed by atoms with Crippen LogP contribution >= 0.6 is 0 Å². The fraction of sp³-hybridized carbons (Fsp3) is 0.350. The molecule has 0 aromatic heterocycles. The van der Waals surface area contributed by atoms with Gasteiger partial charge >= 0.3 is 0 Å². The molecule has 1 fully saturated rings. The monoisotopic (exact) mass is 390 g/mol. The number of rotatable bonds is 4. The summed E-state index contributed by atoms with van der Waals surface area (Å²) < 4.78 is 40.2. The SMILES string of the molecule is C[C@@H]1C[C@H](C)CN(S(=O)(=O)c2ccc(NC(=O)c3ccc(F)cc3)cc2)C1. The van der Waals surface area contributed by atoms with E-state index in [1.165, 1.54) is 40.7 Å². The minimum absolute atomic E-state index is 0.212. The molecule has 2 atom stereocenters. The predicted octanol–water partition coefficient (Wildman–Crippen LogP) is 3.74. The number of hydrogen-bond acceptors (Lipinski definition) is 3. The van der Waals surface area contributed by atoms with E-state index in [0.717, 1.165) is 6.42 Å². The second-order valence-electron chi connectivity index (χ2n) is 7.25. The van der Waals surface area contributed by atoms with E-state index >= 15 is 0 Å². The molecule has 5 nitrogen and oxygen atoms in total. The van der Waals surface area contributed by atoms with Crippen LogP contribution in [0.2, 0.25) is 0 Å². The van der Waals surface area contributed by atoms with Crippen LogP contribution in [0.3, 0.4) is 0 Å². The van der Waals surface area contributed by atoms with Crippen molar-refractivity contribution in [1.29, 1.82) is 0 Å². The second-order valence-corrected chi connectivity index (χ2v) is 9.19. The first-order chi connectivity index (χ1) is 12.8. The molecule has 0 saturated carbocycles. The van der Waals surface area contributed by atoms with E-state index in [1.54, 1.807) is 12.1 Å². The summed E-state index contributed by atoms with van der Waals surface area (Å²) in [5, 5.41) is 2.68. The number of amides is 1. The van der Waals surface area contributed by atoms with Crippen molar-refractivity contribution in [2.24, 2.45) is 11.8 Å². The number of piperidine rings is 1. The number of carbonyl (C=O) groups is 1. The smallest absolute Gasteiger partial charge is 0.255 e. The summed E-state index contributed by atoms with van der Waals surface area (Å²) in [5.74, 6) is -0.137. The van der Waals surface area contributed by atoms with Gasteiger partial charge in [0, 0.05) is 24.3 Å². The molecule has 1 amide bonds. The molecule has 7 heteroatoms. The zero-order valence-electron chi connectivity index (χ0n) is 15.4. The maximum atomic E-state index is 12.9. The number of benzene rings is 2. The van der Waals surface area contributed by atoms with Crippen molar-refractivity contribution in [2.75, 3.05) is 18.4 Å². The van der Waals surface area contributed by atoms with Crippen molar-refractivity contribution >= 4 is 21.6 Å². The van der Waals surface area contributed by atoms with Gasteiger partial charge in [0.15, 0.2) is 0 Å². The molecule has 2 aromatic rings. The molecule has 27 heavy (non-hydrogen) atoms. The molecule has 2 aromatic carbocycles. The number of hydrogen-bond donors (Lipinski definition) is 1. The Kier molecular flexibility index (Phi) is 5.62. The lowest BCUT2D eigenvalue weighted by atomic mass is 9.94. The summed E-state index contributed by atoms with van der Waals surface area (Å²) in [6, 6.07) is 11.3. The van der Waals surface area contributed by atoms with Crippen LogP contribution in [-0.4, -0.2) is 31.7 Å². The van der Waals surface area contributed by atoms with Crippen LogP contribution in [0.15, 0.2) is 53.4 Å². The van der Waals surface area contributed by atoms with E-state index in [1.807, 2.05) is 0 Å². The topological polar surface area (TPSA) is 66.5 Å². The van der Waals surface area contributed by atoms with Gasteiger partial charge in [-0.25, -0.2) is 12.8 Å². The van der Waals surface area contributed by atoms with Crippen molar-refractivity contribution in [3.8, 4) is 0 Å². The molecule has 1 aliphatic rings. The molecule has 0 aliphatic carbocycles. The molecule has 1 saturated heterocycles. The van der Waals surface area contributed by atoms with Gasteiger partial charge < -0.3 is 5.32 Å². The molecule has 1 aliphatic heterocycles. The fourth-order valence-electron chi connectivity index (χ4n) is 3.47. The minimum atomic E-state index is -3.55. The Morgan fingerprint density at radius 1 is 1.00 bits per heavy atom. The summed E-state index contributed by atoms with van der Waals surface area (Å²) in [6.07, 6.45) is 1.03. The molecular weight excluding hydrogens is 367 g/mol. The summed E-state index contributed by atoms with van der Waals surface area (Å²) >= 11 is 0. The first-order valence-electron chi connectivity index (χ1n) is 8.93. The van der Waals surface area contributed by atoms with Gasteiger partial charge in [0.05, 0.1) is 4.90 Å². The van der Waals surface area contributed by atoms with Gasteiger partial charge in [0.25, 0.3) is 5.91 Å². The molecular formula is C20H23FN2O3S. The number of nitrogens with one attached hydrogen (secondary N) is 1. The molecule has 0 spiro atoms. The number of anilines is 1. The molecule has 0 radical (unpaired) electrons. The molecule has 0 bridgehead atoms. The average Bonchev–Trinajstić information content (AvgIpc) is 2.62. The van der Waals surface area contributed by atoms with Gasteiger partial charge in [-0.1, -0.05) is 13.8 Å². The molecule has 144 valence electrons. The number of carbonyl (C=O) groups excluding carboxylic acids is 1. The summed E-state index contributed by atoms with van der Waals surface area (Å²) in [4.78, 5) is 12.4. The maximum absolute atomic E-state index is 12.9. The van der Waals surface area contributed by atoms with Crippen LogP contribution in [0.1, 0.15) is 30.6 Å². The van der Waals surface area contributed by atoms with Crippen molar-refractivity contribution in [3.63, 3.8) is 0 Å². The standard InChI is InChI=1S/C20H23FN2O3S/c1-14-11-15(2)13-23(12-14)27(25,26)19-9-7-18(8-10-19)22-20(24)16-3-5-17(21)6-4-16/h3-10,14-15H,11-13H2,1-2H3,(H,22,24)/t14-,15+. The van der Waals surface area contributed by atoms with Gasteiger partial charge in [-0.05, 0) is 66.8 Å². The van der Waals surface area contributed by atoms with Gasteiger partial charge in [-0.2, -0.15) is 4.31 Å². The van der Waals surface area contributed by atoms with Crippen molar-refractivity contribution < 1.29 is 17.6 Å². The maximum Gasteiger partial charge on any atom is 0.255 e. The third-order valence-corrected chi connectivity index (χ3v) is 6.54. The Balaban J connectivity index is 1.72. The summed E-state index contributed by atoms with van der Waals surface area (Å²) in [5.41, 5.74) is 0.799. The highest BCUT2D eigenvalue weighted by Gasteiger charge is 2.31. The molecule has 1 heterocycles. The van der Waals surface area contributed by atoms with E-state index < -0.39 is 15.8 Å². The highest BCUT2D eigenvalue weighted by Crippen LogP contribution is 2.27. The first kappa shape index (κ1) is 19.5. The Morgan fingerprint density at radius 2 is 1.56 bits per heavy atom. The first-order valence-corrected chi connectivity index (χ1v) is 10.4.